The highest BCUT2D eigenvalue weighted by Gasteiger charge is 2.55. The van der Waals surface area contributed by atoms with Gasteiger partial charge >= 0.3 is 0 Å². The van der Waals surface area contributed by atoms with Gasteiger partial charge in [0.15, 0.2) is 0 Å². The molecule has 1 aromatic rings. The molecule has 3 fully saturated rings. The molecule has 20 heavy (non-hydrogen) atoms. The average molecular weight is 272 g/mol. The predicted molar refractivity (Wildman–Crippen MR) is 78.7 cm³/mol. The third-order valence-corrected chi connectivity index (χ3v) is 5.56. The van der Waals surface area contributed by atoms with Crippen LogP contribution in [0.5, 0.6) is 0 Å². The van der Waals surface area contributed by atoms with E-state index in [1.807, 2.05) is 6.20 Å². The number of pyridine rings is 1. The molecule has 0 aromatic carbocycles. The first-order valence-corrected chi connectivity index (χ1v) is 8.02. The van der Waals surface area contributed by atoms with E-state index in [1.165, 1.54) is 44.1 Å². The summed E-state index contributed by atoms with van der Waals surface area (Å²) in [5.41, 5.74) is 2.32. The average Bonchev–Trinajstić information content (AvgIpc) is 3.29. The van der Waals surface area contributed by atoms with Gasteiger partial charge in [0.2, 0.25) is 0 Å². The van der Waals surface area contributed by atoms with Gasteiger partial charge in [-0.1, -0.05) is 6.07 Å². The Kier molecular flexibility index (Phi) is 3.08. The summed E-state index contributed by atoms with van der Waals surface area (Å²) in [5, 5.41) is 3.76. The highest BCUT2D eigenvalue weighted by molar-refractivity contribution is 5.29. The van der Waals surface area contributed by atoms with E-state index in [4.69, 9.17) is 4.74 Å². The molecule has 0 atom stereocenters. The molecule has 0 unspecified atom stereocenters. The third kappa shape index (κ3) is 2.27. The lowest BCUT2D eigenvalue weighted by Gasteiger charge is -2.58. The molecule has 0 bridgehead atoms. The topological polar surface area (TPSA) is 34.2 Å². The van der Waals surface area contributed by atoms with E-state index in [9.17, 15) is 0 Å². The summed E-state index contributed by atoms with van der Waals surface area (Å²) in [7, 11) is 0. The summed E-state index contributed by atoms with van der Waals surface area (Å²) in [6.07, 6.45) is 11.8. The molecule has 0 amide bonds. The summed E-state index contributed by atoms with van der Waals surface area (Å²) in [5.74, 6) is 0. The Morgan fingerprint density at radius 1 is 1.25 bits per heavy atom. The van der Waals surface area contributed by atoms with Crippen molar-refractivity contribution in [3.63, 3.8) is 0 Å². The van der Waals surface area contributed by atoms with Gasteiger partial charge in [-0.3, -0.25) is 4.98 Å². The van der Waals surface area contributed by atoms with Crippen LogP contribution in [0.1, 0.15) is 44.1 Å². The van der Waals surface area contributed by atoms with Crippen molar-refractivity contribution in [2.75, 3.05) is 19.8 Å². The van der Waals surface area contributed by atoms with E-state index in [1.54, 1.807) is 0 Å². The van der Waals surface area contributed by atoms with Crippen molar-refractivity contribution in [2.24, 2.45) is 5.41 Å². The van der Waals surface area contributed by atoms with Crippen LogP contribution < -0.4 is 5.32 Å². The Bertz CT molecular complexity index is 455. The molecule has 3 aliphatic rings. The van der Waals surface area contributed by atoms with E-state index in [0.717, 1.165) is 25.8 Å². The number of nitrogens with zero attached hydrogens (tertiary/aromatic N) is 1. The molecule has 1 spiro atoms. The molecule has 2 heterocycles. The molecule has 108 valence electrons. The number of nitrogens with one attached hydrogen (secondary N) is 1. The molecule has 2 aliphatic carbocycles. The van der Waals surface area contributed by atoms with Crippen LogP contribution in [0.15, 0.2) is 24.5 Å². The molecular weight excluding hydrogens is 248 g/mol. The van der Waals surface area contributed by atoms with Crippen LogP contribution in [0.25, 0.3) is 0 Å². The minimum absolute atomic E-state index is 0.328. The molecule has 1 aliphatic heterocycles. The zero-order chi connectivity index (χ0) is 13.5. The second kappa shape index (κ2) is 4.81. The van der Waals surface area contributed by atoms with Crippen molar-refractivity contribution in [1.82, 2.24) is 10.3 Å². The van der Waals surface area contributed by atoms with E-state index in [-0.39, 0.29) is 0 Å². The lowest BCUT2D eigenvalue weighted by molar-refractivity contribution is -0.0738. The van der Waals surface area contributed by atoms with Crippen molar-refractivity contribution in [2.45, 2.75) is 50.0 Å². The van der Waals surface area contributed by atoms with E-state index < -0.39 is 0 Å². The molecule has 0 radical (unpaired) electrons. The molecule has 1 saturated heterocycles. The first-order chi connectivity index (χ1) is 9.80. The Morgan fingerprint density at radius 3 is 2.70 bits per heavy atom. The fourth-order valence-electron chi connectivity index (χ4n) is 4.28. The highest BCUT2D eigenvalue weighted by atomic mass is 16.5. The minimum Gasteiger partial charge on any atom is -0.381 e. The molecule has 4 rings (SSSR count). The third-order valence-electron chi connectivity index (χ3n) is 5.56. The van der Waals surface area contributed by atoms with Crippen molar-refractivity contribution in [3.05, 3.63) is 30.1 Å². The van der Waals surface area contributed by atoms with Gasteiger partial charge in [-0.05, 0) is 55.6 Å². The summed E-state index contributed by atoms with van der Waals surface area (Å²) in [6, 6.07) is 5.14. The molecule has 2 saturated carbocycles. The normalized spacial score (nSPS) is 27.2. The summed E-state index contributed by atoms with van der Waals surface area (Å²) < 4.78 is 5.55. The number of rotatable bonds is 4. The van der Waals surface area contributed by atoms with Crippen LogP contribution in [0.3, 0.4) is 0 Å². The number of hydrogen-bond donors (Lipinski definition) is 1. The highest BCUT2D eigenvalue weighted by Crippen LogP contribution is 2.60. The van der Waals surface area contributed by atoms with Crippen molar-refractivity contribution < 1.29 is 4.74 Å². The molecule has 3 heteroatoms. The van der Waals surface area contributed by atoms with Gasteiger partial charge in [0.1, 0.15) is 0 Å². The summed E-state index contributed by atoms with van der Waals surface area (Å²) in [4.78, 5) is 4.36. The Labute approximate surface area is 121 Å². The van der Waals surface area contributed by atoms with Crippen molar-refractivity contribution >= 4 is 0 Å². The first kappa shape index (κ1) is 12.8. The standard InChI is InChI=1S/C17H24N2O/c1-2-14(10-18-7-1)17(13-19-15-3-4-15)11-16(12-17)5-8-20-9-6-16/h1-2,7,10,15,19H,3-6,8-9,11-13H2. The zero-order valence-corrected chi connectivity index (χ0v) is 12.1. The Hall–Kier alpha value is -0.930. The minimum atomic E-state index is 0.328. The van der Waals surface area contributed by atoms with Gasteiger partial charge < -0.3 is 10.1 Å². The van der Waals surface area contributed by atoms with Crippen LogP contribution in [0.4, 0.5) is 0 Å². The predicted octanol–water partition coefficient (Wildman–Crippen LogP) is 2.66. The van der Waals surface area contributed by atoms with Crippen LogP contribution in [0, 0.1) is 5.41 Å². The largest absolute Gasteiger partial charge is 0.381 e. The van der Waals surface area contributed by atoms with Crippen LogP contribution in [-0.2, 0) is 10.2 Å². The maximum absolute atomic E-state index is 5.55. The smallest absolute Gasteiger partial charge is 0.0471 e. The monoisotopic (exact) mass is 272 g/mol. The Balaban J connectivity index is 1.52. The summed E-state index contributed by atoms with van der Waals surface area (Å²) >= 11 is 0. The lowest BCUT2D eigenvalue weighted by Crippen LogP contribution is -2.56. The van der Waals surface area contributed by atoms with Gasteiger partial charge in [-0.15, -0.1) is 0 Å². The quantitative estimate of drug-likeness (QED) is 0.915. The van der Waals surface area contributed by atoms with Gasteiger partial charge in [-0.2, -0.15) is 0 Å². The fraction of sp³-hybridized carbons (Fsp3) is 0.706. The molecule has 1 aromatic heterocycles. The van der Waals surface area contributed by atoms with Crippen LogP contribution in [0.2, 0.25) is 0 Å². The zero-order valence-electron chi connectivity index (χ0n) is 12.1. The lowest BCUT2D eigenvalue weighted by atomic mass is 9.48. The molecular formula is C17H24N2O. The van der Waals surface area contributed by atoms with E-state index in [2.05, 4.69) is 28.6 Å². The van der Waals surface area contributed by atoms with Gasteiger partial charge in [0, 0.05) is 43.6 Å². The SMILES string of the molecule is c1cncc(C2(CNC3CC3)CC3(CCOCC3)C2)c1. The van der Waals surface area contributed by atoms with Gasteiger partial charge in [0.05, 0.1) is 0 Å². The second-order valence-corrected chi connectivity index (χ2v) is 7.14. The molecule has 3 nitrogen and oxygen atoms in total. The van der Waals surface area contributed by atoms with Crippen molar-refractivity contribution in [1.29, 1.82) is 0 Å². The van der Waals surface area contributed by atoms with Gasteiger partial charge in [-0.25, -0.2) is 0 Å². The number of aromatic nitrogens is 1. The van der Waals surface area contributed by atoms with Crippen LogP contribution >= 0.6 is 0 Å². The number of ether oxygens (including phenoxy) is 1. The maximum atomic E-state index is 5.55. The first-order valence-electron chi connectivity index (χ1n) is 8.02. The number of hydrogen-bond acceptors (Lipinski definition) is 3. The van der Waals surface area contributed by atoms with E-state index >= 15 is 0 Å². The second-order valence-electron chi connectivity index (χ2n) is 7.14. The van der Waals surface area contributed by atoms with E-state index in [0.29, 0.717) is 10.8 Å². The maximum Gasteiger partial charge on any atom is 0.0471 e. The Morgan fingerprint density at radius 2 is 2.05 bits per heavy atom. The summed E-state index contributed by atoms with van der Waals surface area (Å²) in [6.45, 7) is 3.05. The van der Waals surface area contributed by atoms with Gasteiger partial charge in [0.25, 0.3) is 0 Å². The molecule has 1 N–H and O–H groups in total. The fourth-order valence-corrected chi connectivity index (χ4v) is 4.28. The van der Waals surface area contributed by atoms with Crippen molar-refractivity contribution in [3.8, 4) is 0 Å². The van der Waals surface area contributed by atoms with Crippen LogP contribution in [-0.4, -0.2) is 30.8 Å².